The highest BCUT2D eigenvalue weighted by atomic mass is 32.1. The zero-order valence-corrected chi connectivity index (χ0v) is 11.6. The maximum absolute atomic E-state index is 11.7. The third-order valence-corrected chi connectivity index (χ3v) is 3.62. The lowest BCUT2D eigenvalue weighted by Gasteiger charge is -2.15. The molecule has 0 bridgehead atoms. The molecule has 1 rings (SSSR count). The summed E-state index contributed by atoms with van der Waals surface area (Å²) in [5.41, 5.74) is 0. The predicted molar refractivity (Wildman–Crippen MR) is 73.9 cm³/mol. The standard InChI is InChI=1S/C13H22N2OS/c1-14-8-5-10-15(2)9-3-6-12(16)13-7-4-11-17-13/h4,7,11,14H,3,5-6,8-10H2,1-2H3. The largest absolute Gasteiger partial charge is 0.320 e. The molecule has 0 aliphatic carbocycles. The Labute approximate surface area is 108 Å². The van der Waals surface area contributed by atoms with Gasteiger partial charge in [0.15, 0.2) is 5.78 Å². The molecule has 0 saturated heterocycles. The maximum Gasteiger partial charge on any atom is 0.172 e. The number of nitrogens with zero attached hydrogens (tertiary/aromatic N) is 1. The first-order valence-corrected chi connectivity index (χ1v) is 7.02. The van der Waals surface area contributed by atoms with E-state index in [1.165, 1.54) is 11.3 Å². The molecule has 1 aromatic heterocycles. The minimum absolute atomic E-state index is 0.281. The van der Waals surface area contributed by atoms with Crippen molar-refractivity contribution in [2.24, 2.45) is 0 Å². The van der Waals surface area contributed by atoms with Crippen LogP contribution in [0, 0.1) is 0 Å². The molecular weight excluding hydrogens is 232 g/mol. The molecule has 0 unspecified atom stereocenters. The third kappa shape index (κ3) is 5.96. The van der Waals surface area contributed by atoms with E-state index in [2.05, 4.69) is 17.3 Å². The third-order valence-electron chi connectivity index (χ3n) is 2.71. The minimum atomic E-state index is 0.281. The fourth-order valence-electron chi connectivity index (χ4n) is 1.71. The Morgan fingerprint density at radius 2 is 2.18 bits per heavy atom. The van der Waals surface area contributed by atoms with E-state index >= 15 is 0 Å². The van der Waals surface area contributed by atoms with Gasteiger partial charge in [-0.1, -0.05) is 6.07 Å². The summed E-state index contributed by atoms with van der Waals surface area (Å²) in [5.74, 6) is 0.281. The maximum atomic E-state index is 11.7. The summed E-state index contributed by atoms with van der Waals surface area (Å²) in [4.78, 5) is 14.9. The van der Waals surface area contributed by atoms with Crippen LogP contribution in [0.4, 0.5) is 0 Å². The smallest absolute Gasteiger partial charge is 0.172 e. The van der Waals surface area contributed by atoms with Crippen molar-refractivity contribution in [1.82, 2.24) is 10.2 Å². The number of ketones is 1. The van der Waals surface area contributed by atoms with Crippen molar-refractivity contribution in [2.45, 2.75) is 19.3 Å². The highest BCUT2D eigenvalue weighted by molar-refractivity contribution is 7.12. The number of carbonyl (C=O) groups is 1. The highest BCUT2D eigenvalue weighted by Crippen LogP contribution is 2.12. The van der Waals surface area contributed by atoms with Crippen LogP contribution in [0.5, 0.6) is 0 Å². The van der Waals surface area contributed by atoms with Gasteiger partial charge in [0.1, 0.15) is 0 Å². The van der Waals surface area contributed by atoms with Gasteiger partial charge in [-0.3, -0.25) is 4.79 Å². The van der Waals surface area contributed by atoms with Crippen molar-refractivity contribution in [2.75, 3.05) is 33.7 Å². The number of Topliss-reactive ketones (excluding diaryl/α,β-unsaturated/α-hetero) is 1. The first-order chi connectivity index (χ1) is 8.24. The van der Waals surface area contributed by atoms with Crippen molar-refractivity contribution in [1.29, 1.82) is 0 Å². The second kappa shape index (κ2) is 8.39. The molecule has 0 amide bonds. The van der Waals surface area contributed by atoms with Crippen molar-refractivity contribution in [3.8, 4) is 0 Å². The van der Waals surface area contributed by atoms with Gasteiger partial charge in [0, 0.05) is 6.42 Å². The van der Waals surface area contributed by atoms with Gasteiger partial charge in [0.05, 0.1) is 4.88 Å². The quantitative estimate of drug-likeness (QED) is 0.542. The van der Waals surface area contributed by atoms with Crippen molar-refractivity contribution in [3.63, 3.8) is 0 Å². The number of nitrogens with one attached hydrogen (secondary N) is 1. The molecule has 0 aliphatic rings. The first-order valence-electron chi connectivity index (χ1n) is 6.14. The van der Waals surface area contributed by atoms with Gasteiger partial charge in [-0.25, -0.2) is 0 Å². The molecule has 96 valence electrons. The summed E-state index contributed by atoms with van der Waals surface area (Å²) in [7, 11) is 4.09. The van der Waals surface area contributed by atoms with Gasteiger partial charge in [0.2, 0.25) is 0 Å². The SMILES string of the molecule is CNCCCN(C)CCCC(=O)c1cccs1. The van der Waals surface area contributed by atoms with Crippen LogP contribution < -0.4 is 5.32 Å². The Morgan fingerprint density at radius 3 is 2.82 bits per heavy atom. The lowest BCUT2D eigenvalue weighted by molar-refractivity contribution is 0.0980. The molecule has 0 spiro atoms. The van der Waals surface area contributed by atoms with Gasteiger partial charge in [-0.05, 0) is 58.0 Å². The van der Waals surface area contributed by atoms with E-state index in [9.17, 15) is 4.79 Å². The van der Waals surface area contributed by atoms with Gasteiger partial charge in [-0.15, -0.1) is 11.3 Å². The highest BCUT2D eigenvalue weighted by Gasteiger charge is 2.06. The summed E-state index contributed by atoms with van der Waals surface area (Å²) >= 11 is 1.54. The van der Waals surface area contributed by atoms with Crippen molar-refractivity contribution >= 4 is 17.1 Å². The number of thiophene rings is 1. The van der Waals surface area contributed by atoms with Crippen LogP contribution >= 0.6 is 11.3 Å². The molecule has 0 radical (unpaired) electrons. The van der Waals surface area contributed by atoms with Crippen LogP contribution in [0.3, 0.4) is 0 Å². The summed E-state index contributed by atoms with van der Waals surface area (Å²) < 4.78 is 0. The molecule has 1 N–H and O–H groups in total. The van der Waals surface area contributed by atoms with E-state index < -0.39 is 0 Å². The van der Waals surface area contributed by atoms with Crippen LogP contribution in [0.15, 0.2) is 17.5 Å². The van der Waals surface area contributed by atoms with E-state index in [1.807, 2.05) is 24.6 Å². The lowest BCUT2D eigenvalue weighted by Crippen LogP contribution is -2.24. The van der Waals surface area contributed by atoms with Gasteiger partial charge < -0.3 is 10.2 Å². The van der Waals surface area contributed by atoms with E-state index in [1.54, 1.807) is 0 Å². The van der Waals surface area contributed by atoms with Gasteiger partial charge >= 0.3 is 0 Å². The fourth-order valence-corrected chi connectivity index (χ4v) is 2.40. The van der Waals surface area contributed by atoms with Gasteiger partial charge in [0.25, 0.3) is 0 Å². The predicted octanol–water partition coefficient (Wildman–Crippen LogP) is 2.25. The molecule has 3 nitrogen and oxygen atoms in total. The number of hydrogen-bond acceptors (Lipinski definition) is 4. The van der Waals surface area contributed by atoms with Crippen molar-refractivity contribution < 1.29 is 4.79 Å². The van der Waals surface area contributed by atoms with Crippen LogP contribution in [-0.2, 0) is 0 Å². The van der Waals surface area contributed by atoms with Crippen molar-refractivity contribution in [3.05, 3.63) is 22.4 Å². The average Bonchev–Trinajstić information content (AvgIpc) is 2.82. The van der Waals surface area contributed by atoms with Crippen LogP contribution in [0.25, 0.3) is 0 Å². The Morgan fingerprint density at radius 1 is 1.41 bits per heavy atom. The lowest BCUT2D eigenvalue weighted by atomic mass is 10.2. The van der Waals surface area contributed by atoms with E-state index in [-0.39, 0.29) is 5.78 Å². The molecule has 17 heavy (non-hydrogen) atoms. The second-order valence-corrected chi connectivity index (χ2v) is 5.21. The molecule has 0 fully saturated rings. The molecule has 1 aromatic rings. The fraction of sp³-hybridized carbons (Fsp3) is 0.615. The van der Waals surface area contributed by atoms with Gasteiger partial charge in [-0.2, -0.15) is 0 Å². The second-order valence-electron chi connectivity index (χ2n) is 4.26. The van der Waals surface area contributed by atoms with Crippen LogP contribution in [-0.4, -0.2) is 44.4 Å². The minimum Gasteiger partial charge on any atom is -0.320 e. The average molecular weight is 254 g/mol. The number of rotatable bonds is 9. The molecule has 1 heterocycles. The topological polar surface area (TPSA) is 32.3 Å². The molecule has 0 aromatic carbocycles. The zero-order valence-electron chi connectivity index (χ0n) is 10.7. The molecular formula is C13H22N2OS. The first kappa shape index (κ1) is 14.4. The summed E-state index contributed by atoms with van der Waals surface area (Å²) in [5, 5.41) is 5.09. The number of hydrogen-bond donors (Lipinski definition) is 1. The van der Waals surface area contributed by atoms with E-state index in [0.717, 1.165) is 37.4 Å². The Balaban J connectivity index is 2.09. The Hall–Kier alpha value is -0.710. The molecule has 4 heteroatoms. The van der Waals surface area contributed by atoms with E-state index in [0.29, 0.717) is 6.42 Å². The molecule has 0 aliphatic heterocycles. The summed E-state index contributed by atoms with van der Waals surface area (Å²) in [6, 6.07) is 3.84. The Kier molecular flexibility index (Phi) is 7.08. The Bertz CT molecular complexity index is 311. The van der Waals surface area contributed by atoms with Crippen LogP contribution in [0.2, 0.25) is 0 Å². The monoisotopic (exact) mass is 254 g/mol. The number of carbonyl (C=O) groups excluding carboxylic acids is 1. The molecule has 0 atom stereocenters. The van der Waals surface area contributed by atoms with Crippen LogP contribution in [0.1, 0.15) is 28.9 Å². The zero-order chi connectivity index (χ0) is 12.5. The van der Waals surface area contributed by atoms with E-state index in [4.69, 9.17) is 0 Å². The summed E-state index contributed by atoms with van der Waals surface area (Å²) in [6.45, 7) is 3.15. The molecule has 0 saturated carbocycles. The normalized spacial score (nSPS) is 11.0. The summed E-state index contributed by atoms with van der Waals surface area (Å²) in [6.07, 6.45) is 2.77.